The molecule has 0 aromatic heterocycles. The highest BCUT2D eigenvalue weighted by Crippen LogP contribution is 2.42. The van der Waals surface area contributed by atoms with Gasteiger partial charge >= 0.3 is 0 Å². The molecule has 1 N–H and O–H groups in total. The maximum absolute atomic E-state index is 13.5. The Morgan fingerprint density at radius 1 is 0.905 bits per heavy atom. The van der Waals surface area contributed by atoms with Gasteiger partial charge in [0.05, 0.1) is 25.3 Å². The zero-order valence-electron chi connectivity index (χ0n) is 25.1. The van der Waals surface area contributed by atoms with Crippen LogP contribution in [0.2, 0.25) is 0 Å². The van der Waals surface area contributed by atoms with Gasteiger partial charge in [0.2, 0.25) is 0 Å². The summed E-state index contributed by atoms with van der Waals surface area (Å²) in [6.45, 7) is 11.3. The average molecular weight is 573 g/mol. The molecule has 1 saturated heterocycles. The van der Waals surface area contributed by atoms with Gasteiger partial charge in [0.25, 0.3) is 11.7 Å². The van der Waals surface area contributed by atoms with Crippen molar-refractivity contribution in [2.75, 3.05) is 39.9 Å². The van der Waals surface area contributed by atoms with Crippen LogP contribution in [0.3, 0.4) is 0 Å². The number of hydrogen-bond acceptors (Lipinski definition) is 7. The Hall–Kier alpha value is -4.30. The summed E-state index contributed by atoms with van der Waals surface area (Å²) in [7, 11) is 1.54. The Kier molecular flexibility index (Phi) is 10.3. The first-order valence-corrected chi connectivity index (χ1v) is 14.4. The van der Waals surface area contributed by atoms with Gasteiger partial charge in [0, 0.05) is 18.7 Å². The van der Waals surface area contributed by atoms with Crippen LogP contribution in [0.25, 0.3) is 5.76 Å². The molecule has 1 aliphatic rings. The number of hydrogen-bond donors (Lipinski definition) is 1. The maximum Gasteiger partial charge on any atom is 0.295 e. The third-order valence-corrected chi connectivity index (χ3v) is 7.58. The molecule has 222 valence electrons. The first-order valence-electron chi connectivity index (χ1n) is 14.4. The highest BCUT2D eigenvalue weighted by molar-refractivity contribution is 6.46. The minimum atomic E-state index is -0.792. The van der Waals surface area contributed by atoms with Gasteiger partial charge in [-0.2, -0.15) is 0 Å². The number of ketones is 1. The van der Waals surface area contributed by atoms with Crippen molar-refractivity contribution in [2.45, 2.75) is 40.3 Å². The van der Waals surface area contributed by atoms with E-state index in [9.17, 15) is 14.7 Å². The molecule has 1 amide bonds. The van der Waals surface area contributed by atoms with Crippen LogP contribution >= 0.6 is 0 Å². The summed E-state index contributed by atoms with van der Waals surface area (Å²) in [5, 5.41) is 11.6. The molecule has 42 heavy (non-hydrogen) atoms. The second-order valence-electron chi connectivity index (χ2n) is 10.1. The summed E-state index contributed by atoms with van der Waals surface area (Å²) in [6.07, 6.45) is 0. The van der Waals surface area contributed by atoms with Gasteiger partial charge in [-0.25, -0.2) is 0 Å². The van der Waals surface area contributed by atoms with Crippen molar-refractivity contribution in [1.82, 2.24) is 9.80 Å². The zero-order valence-corrected chi connectivity index (χ0v) is 25.1. The van der Waals surface area contributed by atoms with Crippen LogP contribution in [0, 0.1) is 6.92 Å². The normalized spacial score (nSPS) is 16.2. The second kappa shape index (κ2) is 14.0. The van der Waals surface area contributed by atoms with Crippen molar-refractivity contribution >= 4 is 17.4 Å². The Balaban J connectivity index is 1.74. The Bertz CT molecular complexity index is 1430. The van der Waals surface area contributed by atoms with E-state index >= 15 is 0 Å². The summed E-state index contributed by atoms with van der Waals surface area (Å²) in [5.74, 6) is 0.134. The van der Waals surface area contributed by atoms with Gasteiger partial charge in [-0.05, 0) is 74.0 Å². The number of methoxy groups -OCH3 is 1. The standard InChI is InChI=1S/C34H40N2O6/c1-6-35(7-2)18-19-36-31(25-14-17-28(41-8-3)29(21-25)40-5)30(33(38)34(36)39)32(37)26-15-16-27(23(4)20-26)42-22-24-12-10-9-11-13-24/h9-17,20-21,31,37H,6-8,18-19,22H2,1-5H3/b32-30+/t31-/m1/s1. The number of aliphatic hydroxyl groups is 1. The first-order chi connectivity index (χ1) is 20.3. The summed E-state index contributed by atoms with van der Waals surface area (Å²) in [4.78, 5) is 30.7. The highest BCUT2D eigenvalue weighted by atomic mass is 16.5. The lowest BCUT2D eigenvalue weighted by molar-refractivity contribution is -0.140. The van der Waals surface area contributed by atoms with Crippen LogP contribution in [-0.2, 0) is 16.2 Å². The predicted octanol–water partition coefficient (Wildman–Crippen LogP) is 5.74. The topological polar surface area (TPSA) is 88.5 Å². The summed E-state index contributed by atoms with van der Waals surface area (Å²) in [6, 6.07) is 19.7. The minimum Gasteiger partial charge on any atom is -0.507 e. The fourth-order valence-electron chi connectivity index (χ4n) is 5.22. The number of carbonyl (C=O) groups is 2. The number of Topliss-reactive ketones (excluding diaryl/α,β-unsaturated/α-hetero) is 1. The van der Waals surface area contributed by atoms with E-state index in [0.717, 1.165) is 24.2 Å². The number of rotatable bonds is 13. The molecule has 0 spiro atoms. The van der Waals surface area contributed by atoms with Gasteiger partial charge in [0.15, 0.2) is 11.5 Å². The third kappa shape index (κ3) is 6.60. The van der Waals surface area contributed by atoms with Crippen molar-refractivity contribution in [3.8, 4) is 17.2 Å². The van der Waals surface area contributed by atoms with E-state index in [4.69, 9.17) is 14.2 Å². The van der Waals surface area contributed by atoms with Crippen molar-refractivity contribution < 1.29 is 28.9 Å². The molecule has 1 aliphatic heterocycles. The SMILES string of the molecule is CCOc1ccc([C@@H]2/C(=C(\O)c3ccc(OCc4ccccc4)c(C)c3)C(=O)C(=O)N2CCN(CC)CC)cc1OC. The van der Waals surface area contributed by atoms with Crippen LogP contribution < -0.4 is 14.2 Å². The molecule has 1 fully saturated rings. The van der Waals surface area contributed by atoms with E-state index < -0.39 is 17.7 Å². The average Bonchev–Trinajstić information content (AvgIpc) is 3.26. The Morgan fingerprint density at radius 2 is 1.62 bits per heavy atom. The number of amides is 1. The van der Waals surface area contributed by atoms with E-state index in [1.165, 1.54) is 0 Å². The molecule has 0 unspecified atom stereocenters. The Labute approximate surface area is 248 Å². The minimum absolute atomic E-state index is 0.0445. The molecule has 1 atom stereocenters. The molecule has 1 heterocycles. The summed E-state index contributed by atoms with van der Waals surface area (Å²) in [5.41, 5.74) is 2.96. The van der Waals surface area contributed by atoms with E-state index in [0.29, 0.717) is 54.7 Å². The van der Waals surface area contributed by atoms with Gasteiger partial charge in [0.1, 0.15) is 18.1 Å². The lowest BCUT2D eigenvalue weighted by Gasteiger charge is -2.28. The van der Waals surface area contributed by atoms with E-state index in [-0.39, 0.29) is 11.3 Å². The number of aryl methyl sites for hydroxylation is 1. The molecule has 4 rings (SSSR count). The van der Waals surface area contributed by atoms with Gasteiger partial charge in [-0.15, -0.1) is 0 Å². The van der Waals surface area contributed by atoms with Gasteiger partial charge in [-0.3, -0.25) is 9.59 Å². The maximum atomic E-state index is 13.5. The Morgan fingerprint density at radius 3 is 2.26 bits per heavy atom. The predicted molar refractivity (Wildman–Crippen MR) is 163 cm³/mol. The number of likely N-dealkylation sites (N-methyl/N-ethyl adjacent to an activating group) is 1. The largest absolute Gasteiger partial charge is 0.507 e. The molecule has 3 aromatic rings. The molecular weight excluding hydrogens is 532 g/mol. The number of nitrogens with zero attached hydrogens (tertiary/aromatic N) is 2. The van der Waals surface area contributed by atoms with Crippen LogP contribution in [0.4, 0.5) is 0 Å². The van der Waals surface area contributed by atoms with Crippen LogP contribution in [0.5, 0.6) is 17.2 Å². The number of likely N-dealkylation sites (tertiary alicyclic amines) is 1. The van der Waals surface area contributed by atoms with Crippen molar-refractivity contribution in [2.24, 2.45) is 0 Å². The molecule has 0 bridgehead atoms. The summed E-state index contributed by atoms with van der Waals surface area (Å²) < 4.78 is 17.3. The van der Waals surface area contributed by atoms with E-state index in [2.05, 4.69) is 18.7 Å². The van der Waals surface area contributed by atoms with Gasteiger partial charge in [-0.1, -0.05) is 50.2 Å². The van der Waals surface area contributed by atoms with E-state index in [1.807, 2.05) is 50.2 Å². The molecular formula is C34H40N2O6. The van der Waals surface area contributed by atoms with Crippen LogP contribution in [0.1, 0.15) is 49.1 Å². The molecule has 0 radical (unpaired) electrons. The number of carbonyl (C=O) groups excluding carboxylic acids is 2. The first kappa shape index (κ1) is 30.7. The quantitative estimate of drug-likeness (QED) is 0.159. The molecule has 0 saturated carbocycles. The van der Waals surface area contributed by atoms with Gasteiger partial charge < -0.3 is 29.1 Å². The van der Waals surface area contributed by atoms with Crippen molar-refractivity contribution in [3.05, 3.63) is 94.6 Å². The molecule has 3 aromatic carbocycles. The lowest BCUT2D eigenvalue weighted by Crippen LogP contribution is -2.38. The van der Waals surface area contributed by atoms with Crippen LogP contribution in [-0.4, -0.2) is 66.5 Å². The number of aliphatic hydroxyl groups excluding tert-OH is 1. The smallest absolute Gasteiger partial charge is 0.295 e. The molecule has 8 heteroatoms. The number of benzene rings is 3. The highest BCUT2D eigenvalue weighted by Gasteiger charge is 2.46. The third-order valence-electron chi connectivity index (χ3n) is 7.58. The number of ether oxygens (including phenoxy) is 3. The fraction of sp³-hybridized carbons (Fsp3) is 0.353. The van der Waals surface area contributed by atoms with Crippen LogP contribution in [0.15, 0.2) is 72.3 Å². The summed E-state index contributed by atoms with van der Waals surface area (Å²) >= 11 is 0. The molecule has 0 aliphatic carbocycles. The van der Waals surface area contributed by atoms with E-state index in [1.54, 1.807) is 42.3 Å². The van der Waals surface area contributed by atoms with Crippen molar-refractivity contribution in [3.63, 3.8) is 0 Å². The fourth-order valence-corrected chi connectivity index (χ4v) is 5.22. The second-order valence-corrected chi connectivity index (χ2v) is 10.1. The lowest BCUT2D eigenvalue weighted by atomic mass is 9.94. The monoisotopic (exact) mass is 572 g/mol. The zero-order chi connectivity index (χ0) is 30.2. The molecule has 8 nitrogen and oxygen atoms in total. The van der Waals surface area contributed by atoms with Crippen molar-refractivity contribution in [1.29, 1.82) is 0 Å².